The fourth-order valence-corrected chi connectivity index (χ4v) is 2.67. The van der Waals surface area contributed by atoms with E-state index in [0.29, 0.717) is 24.5 Å². The lowest BCUT2D eigenvalue weighted by atomic mass is 9.91. The minimum Gasteiger partial charge on any atom is -0.381 e. The summed E-state index contributed by atoms with van der Waals surface area (Å²) in [5.74, 6) is 0.648. The van der Waals surface area contributed by atoms with Gasteiger partial charge in [0.25, 0.3) is 0 Å². The van der Waals surface area contributed by atoms with Crippen molar-refractivity contribution in [3.05, 3.63) is 35.9 Å². The summed E-state index contributed by atoms with van der Waals surface area (Å²) in [6, 6.07) is 11.3. The van der Waals surface area contributed by atoms with Gasteiger partial charge in [0.05, 0.1) is 0 Å². The molecule has 3 N–H and O–H groups in total. The second-order valence-electron chi connectivity index (χ2n) is 5.09. The molecule has 0 saturated carbocycles. The van der Waals surface area contributed by atoms with E-state index in [-0.39, 0.29) is 0 Å². The molecule has 2 atom stereocenters. The molecule has 1 aliphatic heterocycles. The van der Waals surface area contributed by atoms with E-state index in [1.54, 1.807) is 0 Å². The van der Waals surface area contributed by atoms with Crippen molar-refractivity contribution in [2.75, 3.05) is 19.8 Å². The van der Waals surface area contributed by atoms with E-state index in [1.165, 1.54) is 5.56 Å². The molecule has 0 aromatic heterocycles. The van der Waals surface area contributed by atoms with Crippen LogP contribution >= 0.6 is 0 Å². The first-order chi connectivity index (χ1) is 8.81. The van der Waals surface area contributed by atoms with Gasteiger partial charge in [-0.3, -0.25) is 0 Å². The Labute approximate surface area is 110 Å². The van der Waals surface area contributed by atoms with Crippen LogP contribution in [-0.4, -0.2) is 25.8 Å². The predicted octanol–water partition coefficient (Wildman–Crippen LogP) is 2.09. The van der Waals surface area contributed by atoms with Gasteiger partial charge in [-0.15, -0.1) is 0 Å². The predicted molar refractivity (Wildman–Crippen MR) is 74.4 cm³/mol. The molecule has 1 aromatic rings. The van der Waals surface area contributed by atoms with Crippen molar-refractivity contribution in [3.8, 4) is 0 Å². The van der Waals surface area contributed by atoms with Crippen molar-refractivity contribution in [1.82, 2.24) is 5.32 Å². The van der Waals surface area contributed by atoms with Crippen LogP contribution in [0, 0.1) is 5.92 Å². The maximum absolute atomic E-state index is 5.93. The van der Waals surface area contributed by atoms with Crippen LogP contribution in [-0.2, 0) is 4.74 Å². The molecule has 1 heterocycles. The Kier molecular flexibility index (Phi) is 5.17. The summed E-state index contributed by atoms with van der Waals surface area (Å²) < 4.78 is 5.42. The van der Waals surface area contributed by atoms with Crippen molar-refractivity contribution in [2.45, 2.75) is 31.8 Å². The Morgan fingerprint density at radius 1 is 1.28 bits per heavy atom. The van der Waals surface area contributed by atoms with Gasteiger partial charge in [0.2, 0.25) is 0 Å². The zero-order chi connectivity index (χ0) is 12.8. The van der Waals surface area contributed by atoms with Crippen LogP contribution in [0.2, 0.25) is 0 Å². The van der Waals surface area contributed by atoms with E-state index in [4.69, 9.17) is 10.5 Å². The average Bonchev–Trinajstić information content (AvgIpc) is 2.46. The van der Waals surface area contributed by atoms with E-state index in [1.807, 2.05) is 0 Å². The van der Waals surface area contributed by atoms with Gasteiger partial charge in [0.1, 0.15) is 0 Å². The molecular weight excluding hydrogens is 224 g/mol. The van der Waals surface area contributed by atoms with Crippen molar-refractivity contribution < 1.29 is 4.74 Å². The summed E-state index contributed by atoms with van der Waals surface area (Å²) in [4.78, 5) is 0. The van der Waals surface area contributed by atoms with E-state index in [2.05, 4.69) is 42.6 Å². The SMILES string of the molecule is CC(NC(CN)C1CCOCC1)c1ccccc1. The van der Waals surface area contributed by atoms with Gasteiger partial charge in [-0.05, 0) is 31.2 Å². The molecule has 1 aromatic carbocycles. The molecule has 3 nitrogen and oxygen atoms in total. The highest BCUT2D eigenvalue weighted by Gasteiger charge is 2.24. The lowest BCUT2D eigenvalue weighted by Gasteiger charge is -2.32. The number of benzene rings is 1. The first-order valence-corrected chi connectivity index (χ1v) is 6.90. The fourth-order valence-electron chi connectivity index (χ4n) is 2.67. The van der Waals surface area contributed by atoms with Gasteiger partial charge in [-0.25, -0.2) is 0 Å². The molecule has 0 bridgehead atoms. The lowest BCUT2D eigenvalue weighted by Crippen LogP contribution is -2.45. The first kappa shape index (κ1) is 13.5. The molecule has 0 aliphatic carbocycles. The third kappa shape index (κ3) is 3.55. The van der Waals surface area contributed by atoms with Crippen LogP contribution in [0.5, 0.6) is 0 Å². The largest absolute Gasteiger partial charge is 0.381 e. The molecule has 0 amide bonds. The average molecular weight is 248 g/mol. The number of ether oxygens (including phenoxy) is 1. The monoisotopic (exact) mass is 248 g/mol. The van der Waals surface area contributed by atoms with Gasteiger partial charge < -0.3 is 15.8 Å². The Morgan fingerprint density at radius 3 is 2.56 bits per heavy atom. The van der Waals surface area contributed by atoms with Crippen LogP contribution in [0.4, 0.5) is 0 Å². The van der Waals surface area contributed by atoms with Crippen LogP contribution in [0.3, 0.4) is 0 Å². The van der Waals surface area contributed by atoms with Crippen LogP contribution in [0.25, 0.3) is 0 Å². The van der Waals surface area contributed by atoms with E-state index in [0.717, 1.165) is 26.1 Å². The maximum atomic E-state index is 5.93. The summed E-state index contributed by atoms with van der Waals surface area (Å²) in [5, 5.41) is 3.67. The number of hydrogen-bond acceptors (Lipinski definition) is 3. The number of rotatable bonds is 5. The van der Waals surface area contributed by atoms with Crippen molar-refractivity contribution in [2.24, 2.45) is 11.7 Å². The van der Waals surface area contributed by atoms with Gasteiger partial charge in [-0.1, -0.05) is 30.3 Å². The van der Waals surface area contributed by atoms with Gasteiger partial charge in [0.15, 0.2) is 0 Å². The fraction of sp³-hybridized carbons (Fsp3) is 0.600. The highest BCUT2D eigenvalue weighted by atomic mass is 16.5. The van der Waals surface area contributed by atoms with Gasteiger partial charge >= 0.3 is 0 Å². The van der Waals surface area contributed by atoms with E-state index in [9.17, 15) is 0 Å². The molecular formula is C15H24N2O. The normalized spacial score (nSPS) is 20.6. The number of nitrogens with two attached hydrogens (primary N) is 1. The zero-order valence-corrected chi connectivity index (χ0v) is 11.1. The van der Waals surface area contributed by atoms with E-state index >= 15 is 0 Å². The standard InChI is InChI=1S/C15H24N2O/c1-12(13-5-3-2-4-6-13)17-15(11-16)14-7-9-18-10-8-14/h2-6,12,14-15,17H,7-11,16H2,1H3. The summed E-state index contributed by atoms with van der Waals surface area (Å²) >= 11 is 0. The summed E-state index contributed by atoms with van der Waals surface area (Å²) in [5.41, 5.74) is 7.25. The Hall–Kier alpha value is -0.900. The van der Waals surface area contributed by atoms with Crippen molar-refractivity contribution >= 4 is 0 Å². The molecule has 1 fully saturated rings. The van der Waals surface area contributed by atoms with E-state index < -0.39 is 0 Å². The molecule has 1 saturated heterocycles. The molecule has 3 heteroatoms. The molecule has 2 rings (SSSR count). The maximum Gasteiger partial charge on any atom is 0.0469 e. The van der Waals surface area contributed by atoms with Crippen LogP contribution in [0.15, 0.2) is 30.3 Å². The zero-order valence-electron chi connectivity index (χ0n) is 11.1. The van der Waals surface area contributed by atoms with Crippen molar-refractivity contribution in [1.29, 1.82) is 0 Å². The summed E-state index contributed by atoms with van der Waals surface area (Å²) in [6.07, 6.45) is 2.24. The first-order valence-electron chi connectivity index (χ1n) is 6.90. The van der Waals surface area contributed by atoms with Crippen LogP contribution in [0.1, 0.15) is 31.4 Å². The lowest BCUT2D eigenvalue weighted by molar-refractivity contribution is 0.0534. The quantitative estimate of drug-likeness (QED) is 0.839. The van der Waals surface area contributed by atoms with Gasteiger partial charge in [0, 0.05) is 31.8 Å². The third-order valence-electron chi connectivity index (χ3n) is 3.85. The summed E-state index contributed by atoms with van der Waals surface area (Å²) in [7, 11) is 0. The Bertz CT molecular complexity index is 336. The Morgan fingerprint density at radius 2 is 1.94 bits per heavy atom. The van der Waals surface area contributed by atoms with Crippen LogP contribution < -0.4 is 11.1 Å². The number of hydrogen-bond donors (Lipinski definition) is 2. The smallest absolute Gasteiger partial charge is 0.0469 e. The molecule has 1 aliphatic rings. The second-order valence-corrected chi connectivity index (χ2v) is 5.09. The van der Waals surface area contributed by atoms with Gasteiger partial charge in [-0.2, -0.15) is 0 Å². The highest BCUT2D eigenvalue weighted by molar-refractivity contribution is 5.18. The minimum absolute atomic E-state index is 0.350. The molecule has 100 valence electrons. The highest BCUT2D eigenvalue weighted by Crippen LogP contribution is 2.21. The second kappa shape index (κ2) is 6.88. The number of nitrogens with one attached hydrogen (secondary N) is 1. The van der Waals surface area contributed by atoms with Crippen molar-refractivity contribution in [3.63, 3.8) is 0 Å². The summed E-state index contributed by atoms with van der Waals surface area (Å²) in [6.45, 7) is 4.66. The third-order valence-corrected chi connectivity index (χ3v) is 3.85. The molecule has 0 radical (unpaired) electrons. The minimum atomic E-state index is 0.350. The topological polar surface area (TPSA) is 47.3 Å². The molecule has 2 unspecified atom stereocenters. The molecule has 18 heavy (non-hydrogen) atoms. The Balaban J connectivity index is 1.93. The molecule has 0 spiro atoms.